The first-order chi connectivity index (χ1) is 10.5. The van der Waals surface area contributed by atoms with Crippen LogP contribution < -0.4 is 5.32 Å². The zero-order valence-corrected chi connectivity index (χ0v) is 13.3. The molecule has 0 aromatic rings. The van der Waals surface area contributed by atoms with Gasteiger partial charge in [-0.1, -0.05) is 19.3 Å². The van der Waals surface area contributed by atoms with E-state index in [9.17, 15) is 14.4 Å². The molecule has 0 saturated heterocycles. The predicted octanol–water partition coefficient (Wildman–Crippen LogP) is 1.73. The number of amides is 1. The maximum Gasteiger partial charge on any atom is 0.331 e. The van der Waals surface area contributed by atoms with Crippen LogP contribution in [0.15, 0.2) is 12.2 Å². The molecule has 0 radical (unpaired) electrons. The van der Waals surface area contributed by atoms with Crippen molar-refractivity contribution in [3.63, 3.8) is 0 Å². The minimum atomic E-state index is -0.633. The molecule has 6 nitrogen and oxygen atoms in total. The molecule has 1 amide bonds. The van der Waals surface area contributed by atoms with Crippen molar-refractivity contribution in [3.8, 4) is 0 Å². The minimum Gasteiger partial charge on any atom is -0.463 e. The van der Waals surface area contributed by atoms with Gasteiger partial charge in [-0.15, -0.1) is 0 Å². The summed E-state index contributed by atoms with van der Waals surface area (Å²) in [4.78, 5) is 34.5. The molecule has 0 bridgehead atoms. The van der Waals surface area contributed by atoms with Gasteiger partial charge in [-0.3, -0.25) is 4.79 Å². The number of esters is 2. The monoisotopic (exact) mass is 311 g/mol. The van der Waals surface area contributed by atoms with Crippen molar-refractivity contribution >= 4 is 17.8 Å². The third-order valence-corrected chi connectivity index (χ3v) is 3.48. The Kier molecular flexibility index (Phi) is 8.25. The maximum absolute atomic E-state index is 12.0. The summed E-state index contributed by atoms with van der Waals surface area (Å²) in [6.45, 7) is 3.79. The van der Waals surface area contributed by atoms with E-state index in [0.717, 1.165) is 37.8 Å². The van der Waals surface area contributed by atoms with Crippen LogP contribution in [0.4, 0.5) is 0 Å². The molecular weight excluding hydrogens is 286 g/mol. The Bertz CT molecular complexity index is 413. The van der Waals surface area contributed by atoms with E-state index in [-0.39, 0.29) is 31.1 Å². The van der Waals surface area contributed by atoms with E-state index in [0.29, 0.717) is 0 Å². The Morgan fingerprint density at radius 3 is 2.27 bits per heavy atom. The van der Waals surface area contributed by atoms with Gasteiger partial charge >= 0.3 is 11.9 Å². The molecule has 6 heteroatoms. The Balaban J connectivity index is 2.24. The molecule has 0 heterocycles. The molecule has 0 aliphatic heterocycles. The van der Waals surface area contributed by atoms with Gasteiger partial charge in [-0.25, -0.2) is 9.59 Å². The molecule has 1 rings (SSSR count). The van der Waals surface area contributed by atoms with Crippen molar-refractivity contribution in [3.05, 3.63) is 12.2 Å². The fraction of sp³-hybridized carbons (Fsp3) is 0.688. The van der Waals surface area contributed by atoms with Gasteiger partial charge in [0.15, 0.2) is 0 Å². The summed E-state index contributed by atoms with van der Waals surface area (Å²) in [5, 5.41) is 2.86. The summed E-state index contributed by atoms with van der Waals surface area (Å²) in [6, 6.07) is -0.255. The Morgan fingerprint density at radius 1 is 1.09 bits per heavy atom. The van der Waals surface area contributed by atoms with Crippen LogP contribution in [0.2, 0.25) is 0 Å². The van der Waals surface area contributed by atoms with E-state index in [1.54, 1.807) is 13.8 Å². The summed E-state index contributed by atoms with van der Waals surface area (Å²) >= 11 is 0. The van der Waals surface area contributed by atoms with Crippen LogP contribution >= 0.6 is 0 Å². The van der Waals surface area contributed by atoms with Gasteiger partial charge in [0.2, 0.25) is 5.91 Å². The molecule has 1 fully saturated rings. The molecule has 0 spiro atoms. The number of nitrogens with one attached hydrogen (secondary N) is 1. The highest BCUT2D eigenvalue weighted by Gasteiger charge is 2.22. The second-order valence-electron chi connectivity index (χ2n) is 5.46. The fourth-order valence-electron chi connectivity index (χ4n) is 2.35. The lowest BCUT2D eigenvalue weighted by Gasteiger charge is -2.23. The number of hydrogen-bond acceptors (Lipinski definition) is 5. The predicted molar refractivity (Wildman–Crippen MR) is 80.9 cm³/mol. The van der Waals surface area contributed by atoms with Crippen molar-refractivity contribution in [2.45, 2.75) is 52.0 Å². The van der Waals surface area contributed by atoms with E-state index < -0.39 is 11.9 Å². The molecule has 1 saturated carbocycles. The van der Waals surface area contributed by atoms with Crippen molar-refractivity contribution in [1.29, 1.82) is 0 Å². The van der Waals surface area contributed by atoms with Gasteiger partial charge in [0.25, 0.3) is 0 Å². The first-order valence-electron chi connectivity index (χ1n) is 7.85. The van der Waals surface area contributed by atoms with E-state index in [4.69, 9.17) is 4.74 Å². The van der Waals surface area contributed by atoms with Crippen LogP contribution in [0, 0.1) is 5.92 Å². The lowest BCUT2D eigenvalue weighted by atomic mass is 9.88. The van der Waals surface area contributed by atoms with Crippen molar-refractivity contribution in [2.75, 3.05) is 13.2 Å². The van der Waals surface area contributed by atoms with Crippen LogP contribution in [0.25, 0.3) is 0 Å². The van der Waals surface area contributed by atoms with Gasteiger partial charge in [0.05, 0.1) is 12.6 Å². The number of rotatable bonds is 7. The molecule has 22 heavy (non-hydrogen) atoms. The zero-order valence-electron chi connectivity index (χ0n) is 13.3. The molecule has 1 N–H and O–H groups in total. The molecule has 1 atom stereocenters. The Labute approximate surface area is 131 Å². The van der Waals surface area contributed by atoms with Crippen LogP contribution in [0.3, 0.4) is 0 Å². The topological polar surface area (TPSA) is 81.7 Å². The zero-order chi connectivity index (χ0) is 16.4. The van der Waals surface area contributed by atoms with Gasteiger partial charge in [-0.05, 0) is 26.7 Å². The summed E-state index contributed by atoms with van der Waals surface area (Å²) in [6.07, 6.45) is 7.30. The molecule has 1 aliphatic carbocycles. The molecular formula is C16H25NO5. The molecule has 1 aliphatic rings. The lowest BCUT2D eigenvalue weighted by molar-refractivity contribution is -0.141. The van der Waals surface area contributed by atoms with Gasteiger partial charge in [0.1, 0.15) is 6.61 Å². The summed E-state index contributed by atoms with van der Waals surface area (Å²) < 4.78 is 9.62. The van der Waals surface area contributed by atoms with E-state index in [1.165, 1.54) is 6.42 Å². The van der Waals surface area contributed by atoms with Crippen molar-refractivity contribution in [1.82, 2.24) is 5.32 Å². The lowest BCUT2D eigenvalue weighted by Crippen LogP contribution is -2.40. The van der Waals surface area contributed by atoms with Crippen molar-refractivity contribution < 1.29 is 23.9 Å². The van der Waals surface area contributed by atoms with Gasteiger partial charge < -0.3 is 14.8 Å². The minimum absolute atomic E-state index is 0.0327. The first kappa shape index (κ1) is 18.2. The van der Waals surface area contributed by atoms with Crippen LogP contribution in [-0.4, -0.2) is 37.1 Å². The van der Waals surface area contributed by atoms with Crippen molar-refractivity contribution in [2.24, 2.45) is 5.92 Å². The van der Waals surface area contributed by atoms with Gasteiger partial charge in [-0.2, -0.15) is 0 Å². The summed E-state index contributed by atoms with van der Waals surface area (Å²) in [5.41, 5.74) is 0. The summed E-state index contributed by atoms with van der Waals surface area (Å²) in [5.74, 6) is -1.11. The normalized spacial score (nSPS) is 17.0. The number of carbonyl (C=O) groups excluding carboxylic acids is 3. The highest BCUT2D eigenvalue weighted by atomic mass is 16.5. The average molecular weight is 311 g/mol. The van der Waals surface area contributed by atoms with E-state index >= 15 is 0 Å². The number of ether oxygens (including phenoxy) is 2. The van der Waals surface area contributed by atoms with Crippen LogP contribution in [-0.2, 0) is 23.9 Å². The largest absolute Gasteiger partial charge is 0.463 e. The molecule has 124 valence electrons. The SMILES string of the molecule is CCOC(=O)/C=C/C(=O)OC[C@@H](C)NC(=O)C1CCCCC1. The second kappa shape index (κ2) is 9.97. The Hall–Kier alpha value is -1.85. The molecule has 0 aromatic heterocycles. The number of carbonyl (C=O) groups is 3. The maximum atomic E-state index is 12.0. The smallest absolute Gasteiger partial charge is 0.331 e. The third-order valence-electron chi connectivity index (χ3n) is 3.48. The summed E-state index contributed by atoms with van der Waals surface area (Å²) in [7, 11) is 0. The molecule has 0 unspecified atom stereocenters. The van der Waals surface area contributed by atoms with Gasteiger partial charge in [0, 0.05) is 18.1 Å². The highest BCUT2D eigenvalue weighted by Crippen LogP contribution is 2.23. The van der Waals surface area contributed by atoms with E-state index in [1.807, 2.05) is 0 Å². The van der Waals surface area contributed by atoms with Crippen LogP contribution in [0.1, 0.15) is 46.0 Å². The average Bonchev–Trinajstić information content (AvgIpc) is 2.52. The highest BCUT2D eigenvalue weighted by molar-refractivity contribution is 5.91. The standard InChI is InChI=1S/C16H25NO5/c1-3-21-14(18)9-10-15(19)22-11-12(2)17-16(20)13-7-5-4-6-8-13/h9-10,12-13H,3-8,11H2,1-2H3,(H,17,20)/b10-9+/t12-/m1/s1. The third kappa shape index (κ3) is 7.24. The van der Waals surface area contributed by atoms with E-state index in [2.05, 4.69) is 10.1 Å². The quantitative estimate of drug-likeness (QED) is 0.572. The van der Waals surface area contributed by atoms with Crippen LogP contribution in [0.5, 0.6) is 0 Å². The second-order valence-corrected chi connectivity index (χ2v) is 5.46. The first-order valence-corrected chi connectivity index (χ1v) is 7.85. The molecule has 0 aromatic carbocycles. The Morgan fingerprint density at radius 2 is 1.68 bits per heavy atom. The fourth-order valence-corrected chi connectivity index (χ4v) is 2.35. The number of hydrogen-bond donors (Lipinski definition) is 1.